The highest BCUT2D eigenvalue weighted by atomic mass is 16.5. The van der Waals surface area contributed by atoms with Gasteiger partial charge in [-0.05, 0) is 67.3 Å². The van der Waals surface area contributed by atoms with Crippen molar-refractivity contribution in [2.45, 2.75) is 38.8 Å². The lowest BCUT2D eigenvalue weighted by Gasteiger charge is -2.31. The molecule has 30 heavy (non-hydrogen) atoms. The number of amides is 1. The van der Waals surface area contributed by atoms with Crippen LogP contribution in [0.1, 0.15) is 57.5 Å². The van der Waals surface area contributed by atoms with E-state index in [1.165, 1.54) is 0 Å². The lowest BCUT2D eigenvalue weighted by molar-refractivity contribution is 0.0534. The molecule has 6 nitrogen and oxygen atoms in total. The molecule has 0 radical (unpaired) electrons. The van der Waals surface area contributed by atoms with Gasteiger partial charge in [-0.15, -0.1) is 0 Å². The van der Waals surface area contributed by atoms with Crippen molar-refractivity contribution in [3.05, 3.63) is 58.7 Å². The van der Waals surface area contributed by atoms with Gasteiger partial charge in [-0.3, -0.25) is 4.79 Å². The van der Waals surface area contributed by atoms with Crippen molar-refractivity contribution in [2.24, 2.45) is 11.8 Å². The van der Waals surface area contributed by atoms with E-state index in [2.05, 4.69) is 0 Å². The number of carbonyl (C=O) groups excluding carboxylic acids is 2. The molecule has 0 unspecified atom stereocenters. The predicted molar refractivity (Wildman–Crippen MR) is 109 cm³/mol. The van der Waals surface area contributed by atoms with Gasteiger partial charge < -0.3 is 19.5 Å². The maximum Gasteiger partial charge on any atom is 0.339 e. The molecule has 3 aliphatic rings. The van der Waals surface area contributed by atoms with Crippen LogP contribution in [0.25, 0.3) is 0 Å². The quantitative estimate of drug-likeness (QED) is 0.761. The highest BCUT2D eigenvalue weighted by Gasteiger charge is 2.31. The first-order valence-electron chi connectivity index (χ1n) is 10.6. The highest BCUT2D eigenvalue weighted by Crippen LogP contribution is 2.33. The summed E-state index contributed by atoms with van der Waals surface area (Å²) in [6, 6.07) is 10.6. The molecule has 2 heterocycles. The van der Waals surface area contributed by atoms with E-state index in [4.69, 9.17) is 9.47 Å². The first-order valence-corrected chi connectivity index (χ1v) is 10.6. The van der Waals surface area contributed by atoms with E-state index in [-0.39, 0.29) is 17.6 Å². The Hall–Kier alpha value is -3.02. The normalized spacial score (nSPS) is 22.6. The minimum Gasteiger partial charge on any atom is -0.508 e. The van der Waals surface area contributed by atoms with Gasteiger partial charge in [0.25, 0.3) is 5.91 Å². The van der Waals surface area contributed by atoms with E-state index in [0.717, 1.165) is 49.1 Å². The van der Waals surface area contributed by atoms with Gasteiger partial charge in [-0.25, -0.2) is 4.79 Å². The lowest BCUT2D eigenvalue weighted by Crippen LogP contribution is -2.32. The molecule has 1 fully saturated rings. The first-order chi connectivity index (χ1) is 14.6. The van der Waals surface area contributed by atoms with E-state index in [1.54, 1.807) is 18.2 Å². The number of cyclic esters (lactones) is 1. The molecule has 0 bridgehead atoms. The maximum absolute atomic E-state index is 12.6. The molecule has 2 aromatic carbocycles. The van der Waals surface area contributed by atoms with Crippen LogP contribution in [-0.4, -0.2) is 35.0 Å². The second-order valence-corrected chi connectivity index (χ2v) is 8.62. The molecule has 6 heteroatoms. The molecule has 2 aliphatic heterocycles. The number of ether oxygens (including phenoxy) is 2. The summed E-state index contributed by atoms with van der Waals surface area (Å²) in [4.78, 5) is 26.2. The molecule has 0 spiro atoms. The van der Waals surface area contributed by atoms with Gasteiger partial charge in [-0.2, -0.15) is 0 Å². The third-order valence-corrected chi connectivity index (χ3v) is 6.56. The molecule has 156 valence electrons. The third-order valence-electron chi connectivity index (χ3n) is 6.56. The zero-order valence-corrected chi connectivity index (χ0v) is 16.8. The number of benzene rings is 2. The minimum atomic E-state index is -0.273. The highest BCUT2D eigenvalue weighted by molar-refractivity contribution is 5.98. The van der Waals surface area contributed by atoms with Crippen LogP contribution in [-0.2, 0) is 17.9 Å². The van der Waals surface area contributed by atoms with E-state index >= 15 is 0 Å². The summed E-state index contributed by atoms with van der Waals surface area (Å²) in [5, 5.41) is 9.64. The third kappa shape index (κ3) is 3.62. The van der Waals surface area contributed by atoms with Crippen molar-refractivity contribution >= 4 is 11.9 Å². The van der Waals surface area contributed by atoms with Crippen molar-refractivity contribution in [3.63, 3.8) is 0 Å². The largest absolute Gasteiger partial charge is 0.508 e. The molecule has 1 N–H and O–H groups in total. The van der Waals surface area contributed by atoms with Gasteiger partial charge in [-0.1, -0.05) is 12.1 Å². The summed E-state index contributed by atoms with van der Waals surface area (Å²) in [5.41, 5.74) is 3.16. The van der Waals surface area contributed by atoms with Gasteiger partial charge >= 0.3 is 5.97 Å². The number of phenols is 1. The Morgan fingerprint density at radius 3 is 2.57 bits per heavy atom. The Kier molecular flexibility index (Phi) is 4.85. The summed E-state index contributed by atoms with van der Waals surface area (Å²) >= 11 is 0. The van der Waals surface area contributed by atoms with Crippen LogP contribution < -0.4 is 4.74 Å². The van der Waals surface area contributed by atoms with Crippen molar-refractivity contribution in [3.8, 4) is 11.5 Å². The minimum absolute atomic E-state index is 0.0292. The summed E-state index contributed by atoms with van der Waals surface area (Å²) in [6.45, 7) is 2.41. The van der Waals surface area contributed by atoms with Crippen LogP contribution in [0.15, 0.2) is 36.4 Å². The fraction of sp³-hybridized carbons (Fsp3) is 0.417. The fourth-order valence-corrected chi connectivity index (χ4v) is 4.79. The molecule has 1 aliphatic carbocycles. The molecular formula is C24H25NO5. The van der Waals surface area contributed by atoms with Crippen LogP contribution in [0.2, 0.25) is 0 Å². The number of hydrogen-bond donors (Lipinski definition) is 1. The van der Waals surface area contributed by atoms with E-state index in [0.29, 0.717) is 42.7 Å². The zero-order chi connectivity index (χ0) is 20.7. The van der Waals surface area contributed by atoms with Gasteiger partial charge in [0.2, 0.25) is 0 Å². The molecule has 5 rings (SSSR count). The topological polar surface area (TPSA) is 76.1 Å². The van der Waals surface area contributed by atoms with Crippen molar-refractivity contribution < 1.29 is 24.2 Å². The number of esters is 1. The van der Waals surface area contributed by atoms with Crippen LogP contribution in [0.3, 0.4) is 0 Å². The smallest absolute Gasteiger partial charge is 0.339 e. The first kappa shape index (κ1) is 19.0. The number of hydrogen-bond acceptors (Lipinski definition) is 5. The van der Waals surface area contributed by atoms with Crippen molar-refractivity contribution in [1.82, 2.24) is 4.90 Å². The van der Waals surface area contributed by atoms with Gasteiger partial charge in [0.15, 0.2) is 0 Å². The standard InChI is InChI=1S/C24H25NO5/c26-19-7-5-17-12-25(23(27)21(17)9-19)11-15-1-3-16(4-2-15)13-29-20-8-6-18-14-30-24(28)22(18)10-20/h5-10,15-16,26H,1-4,11-14H2. The fourth-order valence-electron chi connectivity index (χ4n) is 4.79. The number of nitrogens with zero attached hydrogens (tertiary/aromatic N) is 1. The SMILES string of the molecule is O=C1OCc2ccc(OCC3CCC(CN4Cc5ccc(O)cc5C4=O)CC3)cc21. The second-order valence-electron chi connectivity index (χ2n) is 8.62. The van der Waals surface area contributed by atoms with E-state index < -0.39 is 0 Å². The monoisotopic (exact) mass is 407 g/mol. The Bertz CT molecular complexity index is 993. The summed E-state index contributed by atoms with van der Waals surface area (Å²) in [6.07, 6.45) is 4.31. The van der Waals surface area contributed by atoms with Gasteiger partial charge in [0, 0.05) is 24.2 Å². The van der Waals surface area contributed by atoms with Gasteiger partial charge in [0.1, 0.15) is 18.1 Å². The average Bonchev–Trinajstić information content (AvgIpc) is 3.27. The second kappa shape index (κ2) is 7.67. The van der Waals surface area contributed by atoms with Crippen molar-refractivity contribution in [2.75, 3.05) is 13.2 Å². The Balaban J connectivity index is 1.10. The van der Waals surface area contributed by atoms with Crippen molar-refractivity contribution in [1.29, 1.82) is 0 Å². The zero-order valence-electron chi connectivity index (χ0n) is 16.8. The number of aromatic hydroxyl groups is 1. The Morgan fingerprint density at radius 2 is 1.73 bits per heavy atom. The van der Waals surface area contributed by atoms with Crippen LogP contribution in [0.4, 0.5) is 0 Å². The number of carbonyl (C=O) groups is 2. The molecule has 1 saturated carbocycles. The molecule has 0 saturated heterocycles. The molecule has 0 atom stereocenters. The number of phenolic OH excluding ortho intramolecular Hbond substituents is 1. The molecular weight excluding hydrogens is 382 g/mol. The number of fused-ring (bicyclic) bond motifs is 2. The summed E-state index contributed by atoms with van der Waals surface area (Å²) < 4.78 is 11.0. The number of rotatable bonds is 5. The Morgan fingerprint density at radius 1 is 0.967 bits per heavy atom. The molecule has 0 aromatic heterocycles. The maximum atomic E-state index is 12.6. The summed E-state index contributed by atoms with van der Waals surface area (Å²) in [7, 11) is 0. The van der Waals surface area contributed by atoms with E-state index in [9.17, 15) is 14.7 Å². The Labute approximate surface area is 175 Å². The van der Waals surface area contributed by atoms with E-state index in [1.807, 2.05) is 23.1 Å². The predicted octanol–water partition coefficient (Wildman–Crippen LogP) is 3.90. The van der Waals surface area contributed by atoms with Gasteiger partial charge in [0.05, 0.1) is 12.2 Å². The van der Waals surface area contributed by atoms with Crippen LogP contribution in [0, 0.1) is 11.8 Å². The summed E-state index contributed by atoms with van der Waals surface area (Å²) in [5.74, 6) is 1.61. The molecule has 2 aromatic rings. The van der Waals surface area contributed by atoms with Crippen LogP contribution >= 0.6 is 0 Å². The lowest BCUT2D eigenvalue weighted by atomic mass is 9.82. The van der Waals surface area contributed by atoms with Crippen LogP contribution in [0.5, 0.6) is 11.5 Å². The molecule has 1 amide bonds. The average molecular weight is 407 g/mol.